The average molecular weight is 335 g/mol. The van der Waals surface area contributed by atoms with Gasteiger partial charge in [-0.25, -0.2) is 4.68 Å². The molecule has 2 aromatic heterocycles. The molecule has 20 heavy (non-hydrogen) atoms. The maximum Gasteiger partial charge on any atom is 0.153 e. The van der Waals surface area contributed by atoms with Gasteiger partial charge < -0.3 is 9.73 Å². The number of hydrogen-bond donors (Lipinski definition) is 1. The first-order valence-electron chi connectivity index (χ1n) is 6.47. The zero-order valence-electron chi connectivity index (χ0n) is 11.3. The molecule has 2 heterocycles. The Hall–Kier alpha value is -1.66. The van der Waals surface area contributed by atoms with Crippen molar-refractivity contribution < 1.29 is 4.42 Å². The lowest BCUT2D eigenvalue weighted by atomic mass is 10.1. The number of halogens is 1. The molecule has 5 nitrogen and oxygen atoms in total. The second-order valence-electron chi connectivity index (χ2n) is 4.57. The molecule has 3 aromatic rings. The molecule has 1 unspecified atom stereocenters. The smallest absolute Gasteiger partial charge is 0.153 e. The summed E-state index contributed by atoms with van der Waals surface area (Å²) in [7, 11) is 1.88. The predicted molar refractivity (Wildman–Crippen MR) is 80.4 cm³/mol. The van der Waals surface area contributed by atoms with Gasteiger partial charge in [0.2, 0.25) is 0 Å². The molecule has 1 atom stereocenters. The van der Waals surface area contributed by atoms with Gasteiger partial charge in [0.15, 0.2) is 4.60 Å². The molecular weight excluding hydrogens is 320 g/mol. The Morgan fingerprint density at radius 3 is 2.85 bits per heavy atom. The third-order valence-corrected chi connectivity index (χ3v) is 3.80. The molecule has 0 aliphatic carbocycles. The Balaban J connectivity index is 2.10. The zero-order valence-corrected chi connectivity index (χ0v) is 12.9. The lowest BCUT2D eigenvalue weighted by molar-refractivity contribution is 0.457. The van der Waals surface area contributed by atoms with E-state index in [9.17, 15) is 0 Å². The van der Waals surface area contributed by atoms with Gasteiger partial charge in [0.1, 0.15) is 17.4 Å². The Morgan fingerprint density at radius 2 is 2.20 bits per heavy atom. The van der Waals surface area contributed by atoms with Gasteiger partial charge in [-0.05, 0) is 34.6 Å². The van der Waals surface area contributed by atoms with Crippen LogP contribution < -0.4 is 5.32 Å². The van der Waals surface area contributed by atoms with Crippen LogP contribution in [0.3, 0.4) is 0 Å². The standard InChI is InChI=1S/C14H15BrN4O/c1-3-16-12(13-14(15)17-18-19(13)2)11-8-9-6-4-5-7-10(9)20-11/h4-8,12,16H,3H2,1-2H3. The van der Waals surface area contributed by atoms with E-state index in [1.807, 2.05) is 31.3 Å². The van der Waals surface area contributed by atoms with Crippen molar-refractivity contribution in [2.24, 2.45) is 7.05 Å². The second kappa shape index (κ2) is 5.38. The van der Waals surface area contributed by atoms with Crippen LogP contribution in [-0.2, 0) is 7.05 Å². The molecule has 1 N–H and O–H groups in total. The molecule has 0 saturated heterocycles. The molecule has 104 valence electrons. The third-order valence-electron chi connectivity index (χ3n) is 3.24. The largest absolute Gasteiger partial charge is 0.459 e. The van der Waals surface area contributed by atoms with E-state index in [2.05, 4.69) is 44.5 Å². The minimum absolute atomic E-state index is 0.0817. The summed E-state index contributed by atoms with van der Waals surface area (Å²) in [5, 5.41) is 12.6. The van der Waals surface area contributed by atoms with Gasteiger partial charge in [-0.15, -0.1) is 5.10 Å². The first kappa shape index (κ1) is 13.3. The highest BCUT2D eigenvalue weighted by molar-refractivity contribution is 9.10. The molecule has 0 fully saturated rings. The molecule has 0 bridgehead atoms. The van der Waals surface area contributed by atoms with E-state index in [0.717, 1.165) is 33.6 Å². The number of nitrogens with zero attached hydrogens (tertiary/aromatic N) is 3. The van der Waals surface area contributed by atoms with Gasteiger partial charge in [-0.2, -0.15) is 0 Å². The van der Waals surface area contributed by atoms with Crippen molar-refractivity contribution >= 4 is 26.9 Å². The molecule has 0 aliphatic heterocycles. The van der Waals surface area contributed by atoms with Crippen LogP contribution in [-0.4, -0.2) is 21.5 Å². The second-order valence-corrected chi connectivity index (χ2v) is 5.32. The van der Waals surface area contributed by atoms with Crippen molar-refractivity contribution in [3.05, 3.63) is 46.4 Å². The van der Waals surface area contributed by atoms with Crippen LogP contribution >= 0.6 is 15.9 Å². The highest BCUT2D eigenvalue weighted by Crippen LogP contribution is 2.30. The first-order chi connectivity index (χ1) is 9.70. The number of furan rings is 1. The molecule has 3 rings (SSSR count). The number of aryl methyl sites for hydroxylation is 1. The van der Waals surface area contributed by atoms with Gasteiger partial charge in [-0.1, -0.05) is 30.3 Å². The topological polar surface area (TPSA) is 55.9 Å². The number of fused-ring (bicyclic) bond motifs is 1. The summed E-state index contributed by atoms with van der Waals surface area (Å²) in [4.78, 5) is 0. The summed E-state index contributed by atoms with van der Waals surface area (Å²) in [5.41, 5.74) is 1.84. The van der Waals surface area contributed by atoms with Crippen molar-refractivity contribution in [2.45, 2.75) is 13.0 Å². The van der Waals surface area contributed by atoms with Crippen LogP contribution in [0.25, 0.3) is 11.0 Å². The first-order valence-corrected chi connectivity index (χ1v) is 7.27. The number of aromatic nitrogens is 3. The van der Waals surface area contributed by atoms with Crippen molar-refractivity contribution in [3.8, 4) is 0 Å². The van der Waals surface area contributed by atoms with Gasteiger partial charge >= 0.3 is 0 Å². The summed E-state index contributed by atoms with van der Waals surface area (Å²) >= 11 is 3.45. The molecule has 1 aromatic carbocycles. The molecule has 6 heteroatoms. The Morgan fingerprint density at radius 1 is 1.40 bits per heavy atom. The predicted octanol–water partition coefficient (Wildman–Crippen LogP) is 3.02. The summed E-state index contributed by atoms with van der Waals surface area (Å²) in [6.45, 7) is 2.88. The van der Waals surface area contributed by atoms with Crippen LogP contribution in [0.1, 0.15) is 24.4 Å². The van der Waals surface area contributed by atoms with Gasteiger partial charge in [0, 0.05) is 12.4 Å². The number of nitrogens with one attached hydrogen (secondary N) is 1. The molecule has 0 saturated carbocycles. The minimum Gasteiger partial charge on any atom is -0.459 e. The average Bonchev–Trinajstić information content (AvgIpc) is 3.01. The molecular formula is C14H15BrN4O. The van der Waals surface area contributed by atoms with E-state index in [4.69, 9.17) is 4.42 Å². The SMILES string of the molecule is CCNC(c1cc2ccccc2o1)c1c(Br)nnn1C. The van der Waals surface area contributed by atoms with E-state index in [1.54, 1.807) is 4.68 Å². The van der Waals surface area contributed by atoms with Crippen LogP contribution in [0.15, 0.2) is 39.4 Å². The van der Waals surface area contributed by atoms with Crippen LogP contribution in [0.5, 0.6) is 0 Å². The minimum atomic E-state index is -0.0817. The van der Waals surface area contributed by atoms with Crippen molar-refractivity contribution in [2.75, 3.05) is 6.54 Å². The fourth-order valence-corrected chi connectivity index (χ4v) is 2.88. The van der Waals surface area contributed by atoms with E-state index in [0.29, 0.717) is 0 Å². The molecule has 0 amide bonds. The van der Waals surface area contributed by atoms with Gasteiger partial charge in [-0.3, -0.25) is 0 Å². The fraction of sp³-hybridized carbons (Fsp3) is 0.286. The summed E-state index contributed by atoms with van der Waals surface area (Å²) in [6, 6.07) is 9.97. The Bertz CT molecular complexity index is 681. The van der Waals surface area contributed by atoms with Crippen molar-refractivity contribution in [3.63, 3.8) is 0 Å². The van der Waals surface area contributed by atoms with E-state index in [-0.39, 0.29) is 6.04 Å². The Labute approximate surface area is 125 Å². The molecule has 0 spiro atoms. The number of benzene rings is 1. The third kappa shape index (κ3) is 2.25. The van der Waals surface area contributed by atoms with Crippen molar-refractivity contribution in [1.29, 1.82) is 0 Å². The maximum absolute atomic E-state index is 5.96. The van der Waals surface area contributed by atoms with Crippen LogP contribution in [0.4, 0.5) is 0 Å². The fourth-order valence-electron chi connectivity index (χ4n) is 2.33. The molecule has 0 radical (unpaired) electrons. The van der Waals surface area contributed by atoms with Crippen LogP contribution in [0.2, 0.25) is 0 Å². The lowest BCUT2D eigenvalue weighted by Gasteiger charge is -2.15. The summed E-state index contributed by atoms with van der Waals surface area (Å²) < 4.78 is 8.45. The van der Waals surface area contributed by atoms with Crippen molar-refractivity contribution in [1.82, 2.24) is 20.3 Å². The zero-order chi connectivity index (χ0) is 14.1. The van der Waals surface area contributed by atoms with Crippen LogP contribution in [0, 0.1) is 0 Å². The normalized spacial score (nSPS) is 12.9. The van der Waals surface area contributed by atoms with E-state index >= 15 is 0 Å². The van der Waals surface area contributed by atoms with E-state index in [1.165, 1.54) is 0 Å². The monoisotopic (exact) mass is 334 g/mol. The number of rotatable bonds is 4. The number of para-hydroxylation sites is 1. The van der Waals surface area contributed by atoms with E-state index < -0.39 is 0 Å². The lowest BCUT2D eigenvalue weighted by Crippen LogP contribution is -2.24. The highest BCUT2D eigenvalue weighted by atomic mass is 79.9. The van der Waals surface area contributed by atoms with Gasteiger partial charge in [0.05, 0.1) is 5.69 Å². The summed E-state index contributed by atoms with van der Waals surface area (Å²) in [6.07, 6.45) is 0. The summed E-state index contributed by atoms with van der Waals surface area (Å²) in [5.74, 6) is 0.860. The quantitative estimate of drug-likeness (QED) is 0.796. The van der Waals surface area contributed by atoms with Gasteiger partial charge in [0.25, 0.3) is 0 Å². The highest BCUT2D eigenvalue weighted by Gasteiger charge is 2.24. The maximum atomic E-state index is 5.96. The number of hydrogen-bond acceptors (Lipinski definition) is 4. The Kier molecular flexibility index (Phi) is 3.58. The molecule has 0 aliphatic rings.